The zero-order valence-electron chi connectivity index (χ0n) is 18.5. The molecule has 0 amide bonds. The van der Waals surface area contributed by atoms with Crippen molar-refractivity contribution in [1.82, 2.24) is 5.32 Å². The number of sulfonamides is 1. The maximum atomic E-state index is 11.4. The molecular formula is C24H25Cl3N2O4S. The number of hydrogen-bond donors (Lipinski definition) is 2. The SMILES string of the molecule is CCOc1cc(CNCCc2ccc(S(N)(=O)=O)cc2)cc(Cl)c1OCc1ccc(Cl)cc1Cl. The molecule has 3 aromatic rings. The highest BCUT2D eigenvalue weighted by Gasteiger charge is 2.14. The molecule has 0 saturated carbocycles. The van der Waals surface area contributed by atoms with Gasteiger partial charge in [0.15, 0.2) is 11.5 Å². The molecule has 0 atom stereocenters. The summed E-state index contributed by atoms with van der Waals surface area (Å²) in [6, 6.07) is 15.5. The number of nitrogens with two attached hydrogens (primary N) is 1. The average Bonchev–Trinajstić information content (AvgIpc) is 2.77. The van der Waals surface area contributed by atoms with E-state index < -0.39 is 10.0 Å². The molecule has 0 spiro atoms. The fourth-order valence-electron chi connectivity index (χ4n) is 3.23. The van der Waals surface area contributed by atoms with E-state index in [-0.39, 0.29) is 11.5 Å². The summed E-state index contributed by atoms with van der Waals surface area (Å²) in [6.07, 6.45) is 0.722. The van der Waals surface area contributed by atoms with Gasteiger partial charge in [-0.25, -0.2) is 13.6 Å². The standard InChI is InChI=1S/C24H25Cl3N2O4S/c1-2-32-23-12-17(14-29-10-9-16-3-7-20(8-4-16)34(28,30)31)11-22(27)24(23)33-15-18-5-6-19(25)13-21(18)26/h3-8,11-13,29H,2,9-10,14-15H2,1H3,(H2,28,30,31). The van der Waals surface area contributed by atoms with Gasteiger partial charge < -0.3 is 14.8 Å². The molecule has 0 aliphatic carbocycles. The summed E-state index contributed by atoms with van der Waals surface area (Å²) < 4.78 is 34.4. The molecule has 182 valence electrons. The highest BCUT2D eigenvalue weighted by Crippen LogP contribution is 2.37. The van der Waals surface area contributed by atoms with E-state index in [4.69, 9.17) is 49.4 Å². The molecule has 0 saturated heterocycles. The second-order valence-corrected chi connectivity index (χ2v) is 10.3. The van der Waals surface area contributed by atoms with Gasteiger partial charge in [-0.3, -0.25) is 0 Å². The lowest BCUT2D eigenvalue weighted by molar-refractivity contribution is 0.269. The van der Waals surface area contributed by atoms with E-state index >= 15 is 0 Å². The lowest BCUT2D eigenvalue weighted by Crippen LogP contribution is -2.17. The van der Waals surface area contributed by atoms with Crippen LogP contribution in [0.3, 0.4) is 0 Å². The molecule has 3 N–H and O–H groups in total. The van der Waals surface area contributed by atoms with Gasteiger partial charge in [0.2, 0.25) is 10.0 Å². The monoisotopic (exact) mass is 542 g/mol. The first-order chi connectivity index (χ1) is 16.2. The second kappa shape index (κ2) is 12.1. The van der Waals surface area contributed by atoms with Crippen LogP contribution in [-0.2, 0) is 29.6 Å². The maximum Gasteiger partial charge on any atom is 0.238 e. The molecule has 0 aliphatic heterocycles. The Bertz CT molecular complexity index is 1240. The summed E-state index contributed by atoms with van der Waals surface area (Å²) in [6.45, 7) is 3.82. The molecule has 6 nitrogen and oxygen atoms in total. The number of rotatable bonds is 11. The Morgan fingerprint density at radius 3 is 2.29 bits per heavy atom. The summed E-state index contributed by atoms with van der Waals surface area (Å²) in [4.78, 5) is 0.1000. The number of benzene rings is 3. The predicted octanol–water partition coefficient (Wildman–Crippen LogP) is 5.60. The normalized spacial score (nSPS) is 11.4. The third kappa shape index (κ3) is 7.50. The van der Waals surface area contributed by atoms with E-state index in [9.17, 15) is 8.42 Å². The van der Waals surface area contributed by atoms with Gasteiger partial charge >= 0.3 is 0 Å². The van der Waals surface area contributed by atoms with Gasteiger partial charge in [-0.2, -0.15) is 0 Å². The summed E-state index contributed by atoms with van der Waals surface area (Å²) in [5.74, 6) is 1.00. The van der Waals surface area contributed by atoms with Crippen molar-refractivity contribution in [3.05, 3.63) is 86.4 Å². The molecular weight excluding hydrogens is 519 g/mol. The Morgan fingerprint density at radius 1 is 0.912 bits per heavy atom. The van der Waals surface area contributed by atoms with Crippen LogP contribution in [0.2, 0.25) is 15.1 Å². The van der Waals surface area contributed by atoms with Crippen molar-refractivity contribution in [2.24, 2.45) is 5.14 Å². The van der Waals surface area contributed by atoms with Crippen molar-refractivity contribution in [3.8, 4) is 11.5 Å². The van der Waals surface area contributed by atoms with Crippen LogP contribution in [0.4, 0.5) is 0 Å². The van der Waals surface area contributed by atoms with Gasteiger partial charge in [-0.05, 0) is 67.4 Å². The van der Waals surface area contributed by atoms with Crippen molar-refractivity contribution >= 4 is 44.8 Å². The molecule has 0 heterocycles. The molecule has 3 aromatic carbocycles. The van der Waals surface area contributed by atoms with E-state index in [1.165, 1.54) is 12.1 Å². The van der Waals surface area contributed by atoms with Crippen LogP contribution in [0.25, 0.3) is 0 Å². The minimum absolute atomic E-state index is 0.1000. The van der Waals surface area contributed by atoms with Crippen molar-refractivity contribution in [2.75, 3.05) is 13.2 Å². The Balaban J connectivity index is 1.60. The molecule has 0 bridgehead atoms. The van der Waals surface area contributed by atoms with Crippen LogP contribution in [0.1, 0.15) is 23.6 Å². The third-order valence-electron chi connectivity index (χ3n) is 4.93. The number of hydrogen-bond acceptors (Lipinski definition) is 5. The van der Waals surface area contributed by atoms with Crippen LogP contribution in [-0.4, -0.2) is 21.6 Å². The Kier molecular flexibility index (Phi) is 9.47. The first-order valence-electron chi connectivity index (χ1n) is 10.5. The van der Waals surface area contributed by atoms with E-state index in [0.717, 1.165) is 23.1 Å². The van der Waals surface area contributed by atoms with Crippen molar-refractivity contribution in [2.45, 2.75) is 31.4 Å². The zero-order chi connectivity index (χ0) is 24.7. The van der Waals surface area contributed by atoms with Crippen LogP contribution in [0, 0.1) is 0 Å². The van der Waals surface area contributed by atoms with E-state index in [1.807, 2.05) is 19.1 Å². The number of halogens is 3. The summed E-state index contributed by atoms with van der Waals surface area (Å²) >= 11 is 18.7. The van der Waals surface area contributed by atoms with Gasteiger partial charge in [0.05, 0.1) is 16.5 Å². The zero-order valence-corrected chi connectivity index (χ0v) is 21.6. The molecule has 0 radical (unpaired) electrons. The largest absolute Gasteiger partial charge is 0.490 e. The van der Waals surface area contributed by atoms with Crippen molar-refractivity contribution in [1.29, 1.82) is 0 Å². The third-order valence-corrected chi connectivity index (χ3v) is 6.72. The Hall–Kier alpha value is -2.00. The number of primary sulfonamides is 1. The highest BCUT2D eigenvalue weighted by molar-refractivity contribution is 7.89. The average molecular weight is 544 g/mol. The molecule has 3 rings (SSSR count). The fraction of sp³-hybridized carbons (Fsp3) is 0.250. The molecule has 0 aromatic heterocycles. The van der Waals surface area contributed by atoms with Gasteiger partial charge in [-0.15, -0.1) is 0 Å². The van der Waals surface area contributed by atoms with E-state index in [2.05, 4.69) is 5.32 Å². The quantitative estimate of drug-likeness (QED) is 0.307. The van der Waals surface area contributed by atoms with E-state index in [1.54, 1.807) is 30.3 Å². The summed E-state index contributed by atoms with van der Waals surface area (Å²) in [5, 5.41) is 9.99. The van der Waals surface area contributed by atoms with Crippen LogP contribution in [0.15, 0.2) is 59.5 Å². The first kappa shape index (κ1) is 26.6. The van der Waals surface area contributed by atoms with Gasteiger partial charge in [0.25, 0.3) is 0 Å². The minimum atomic E-state index is -3.68. The maximum absolute atomic E-state index is 11.4. The number of ether oxygens (including phenoxy) is 2. The summed E-state index contributed by atoms with van der Waals surface area (Å²) in [7, 11) is -3.68. The highest BCUT2D eigenvalue weighted by atomic mass is 35.5. The van der Waals surface area contributed by atoms with Crippen LogP contribution >= 0.6 is 34.8 Å². The molecule has 10 heteroatoms. The molecule has 0 fully saturated rings. The van der Waals surface area contributed by atoms with Crippen LogP contribution in [0.5, 0.6) is 11.5 Å². The topological polar surface area (TPSA) is 90.6 Å². The summed E-state index contributed by atoms with van der Waals surface area (Å²) in [5.41, 5.74) is 2.72. The van der Waals surface area contributed by atoms with Gasteiger partial charge in [0.1, 0.15) is 6.61 Å². The number of nitrogens with one attached hydrogen (secondary N) is 1. The van der Waals surface area contributed by atoms with Crippen molar-refractivity contribution < 1.29 is 17.9 Å². The molecule has 34 heavy (non-hydrogen) atoms. The smallest absolute Gasteiger partial charge is 0.238 e. The van der Waals surface area contributed by atoms with Gasteiger partial charge in [0, 0.05) is 22.2 Å². The fourth-order valence-corrected chi connectivity index (χ4v) is 4.49. The lowest BCUT2D eigenvalue weighted by atomic mass is 10.1. The van der Waals surface area contributed by atoms with Crippen LogP contribution < -0.4 is 19.9 Å². The van der Waals surface area contributed by atoms with Gasteiger partial charge in [-0.1, -0.05) is 53.0 Å². The predicted molar refractivity (Wildman–Crippen MR) is 137 cm³/mol. The Labute approximate surface area is 215 Å². The van der Waals surface area contributed by atoms with Crippen molar-refractivity contribution in [3.63, 3.8) is 0 Å². The second-order valence-electron chi connectivity index (χ2n) is 7.48. The Morgan fingerprint density at radius 2 is 1.65 bits per heavy atom. The first-order valence-corrected chi connectivity index (χ1v) is 13.2. The molecule has 0 unspecified atom stereocenters. The van der Waals surface area contributed by atoms with E-state index in [0.29, 0.717) is 46.3 Å². The molecule has 0 aliphatic rings. The lowest BCUT2D eigenvalue weighted by Gasteiger charge is -2.16. The minimum Gasteiger partial charge on any atom is -0.490 e.